The third-order valence-electron chi connectivity index (χ3n) is 10.9. The largest absolute Gasteiger partial charge is 0.455 e. The van der Waals surface area contributed by atoms with Crippen LogP contribution in [0.15, 0.2) is 156 Å². The zero-order valence-corrected chi connectivity index (χ0v) is 31.7. The minimum absolute atomic E-state index is 0.939. The first kappa shape index (κ1) is 36.1. The average molecular weight is 720 g/mol. The molecule has 55 heavy (non-hydrogen) atoms. The standard InChI is InChI=1S/C51H49N3O/c1(2-8-18-40-27-32-46(54-37-40)41-19-10-5-11-20-41)7-17-39-33-35-53-48(36-39)42-28-25-38(26-29-42)16-6-3-4-9-21-43-30-31-44(47-23-14-15-34-52-47)51-50(43)45-22-12-13-24-49(45)55-51/h5,10-15,19-20,22-37H,1-4,6-9,16-18,21H2. The Hall–Kier alpha value is -5.87. The van der Waals surface area contributed by atoms with Gasteiger partial charge in [-0.25, -0.2) is 0 Å². The number of unbranched alkanes of at least 4 members (excludes halogenated alkanes) is 6. The smallest absolute Gasteiger partial charge is 0.145 e. The lowest BCUT2D eigenvalue weighted by Gasteiger charge is -2.08. The van der Waals surface area contributed by atoms with Crippen molar-refractivity contribution in [3.63, 3.8) is 0 Å². The number of hydrogen-bond donors (Lipinski definition) is 0. The Morgan fingerprint density at radius 2 is 1.09 bits per heavy atom. The molecule has 0 unspecified atom stereocenters. The fraction of sp³-hybridized carbons (Fsp3) is 0.235. The Morgan fingerprint density at radius 3 is 1.85 bits per heavy atom. The molecule has 4 nitrogen and oxygen atoms in total. The van der Waals surface area contributed by atoms with Crippen molar-refractivity contribution >= 4 is 21.9 Å². The lowest BCUT2D eigenvalue weighted by molar-refractivity contribution is 0.640. The summed E-state index contributed by atoms with van der Waals surface area (Å²) in [6, 6.07) is 47.2. The molecule has 0 radical (unpaired) electrons. The molecule has 4 aromatic carbocycles. The lowest BCUT2D eigenvalue weighted by Crippen LogP contribution is -1.92. The molecule has 8 rings (SSSR count). The maximum absolute atomic E-state index is 6.42. The second kappa shape index (κ2) is 18.0. The number of rotatable bonds is 17. The summed E-state index contributed by atoms with van der Waals surface area (Å²) in [5, 5.41) is 2.43. The highest BCUT2D eigenvalue weighted by atomic mass is 16.3. The predicted molar refractivity (Wildman–Crippen MR) is 228 cm³/mol. The minimum Gasteiger partial charge on any atom is -0.455 e. The fourth-order valence-electron chi connectivity index (χ4n) is 7.82. The maximum atomic E-state index is 6.42. The van der Waals surface area contributed by atoms with Gasteiger partial charge in [-0.1, -0.05) is 117 Å². The van der Waals surface area contributed by atoms with E-state index in [-0.39, 0.29) is 0 Å². The lowest BCUT2D eigenvalue weighted by atomic mass is 9.96. The van der Waals surface area contributed by atoms with Crippen LogP contribution in [0.3, 0.4) is 0 Å². The van der Waals surface area contributed by atoms with E-state index in [9.17, 15) is 0 Å². The van der Waals surface area contributed by atoms with E-state index in [2.05, 4.69) is 119 Å². The minimum atomic E-state index is 0.939. The Kier molecular flexibility index (Phi) is 11.8. The van der Waals surface area contributed by atoms with Crippen LogP contribution in [0.5, 0.6) is 0 Å². The van der Waals surface area contributed by atoms with Crippen molar-refractivity contribution in [3.8, 4) is 33.8 Å². The Morgan fingerprint density at radius 1 is 0.418 bits per heavy atom. The molecular weight excluding hydrogens is 671 g/mol. The first-order valence-electron chi connectivity index (χ1n) is 20.2. The highest BCUT2D eigenvalue weighted by Crippen LogP contribution is 2.38. The molecule has 0 amide bonds. The highest BCUT2D eigenvalue weighted by molar-refractivity contribution is 6.11. The number of nitrogens with zero attached hydrogens (tertiary/aromatic N) is 3. The monoisotopic (exact) mass is 719 g/mol. The molecule has 0 aliphatic carbocycles. The van der Waals surface area contributed by atoms with E-state index in [0.29, 0.717) is 0 Å². The third-order valence-corrected chi connectivity index (χ3v) is 10.9. The third kappa shape index (κ3) is 9.09. The van der Waals surface area contributed by atoms with Crippen LogP contribution in [-0.2, 0) is 25.7 Å². The molecule has 0 aliphatic heterocycles. The van der Waals surface area contributed by atoms with Gasteiger partial charge in [0, 0.05) is 46.1 Å². The molecule has 0 saturated carbocycles. The van der Waals surface area contributed by atoms with Gasteiger partial charge in [-0.2, -0.15) is 0 Å². The second-order valence-corrected chi connectivity index (χ2v) is 14.8. The van der Waals surface area contributed by atoms with Crippen LogP contribution >= 0.6 is 0 Å². The first-order valence-corrected chi connectivity index (χ1v) is 20.2. The maximum Gasteiger partial charge on any atom is 0.145 e. The van der Waals surface area contributed by atoms with E-state index in [0.717, 1.165) is 59.5 Å². The number of hydrogen-bond acceptors (Lipinski definition) is 4. The Bertz CT molecular complexity index is 2420. The zero-order chi connectivity index (χ0) is 37.1. The van der Waals surface area contributed by atoms with Crippen molar-refractivity contribution in [2.45, 2.75) is 77.0 Å². The number of fused-ring (bicyclic) bond motifs is 3. The summed E-state index contributed by atoms with van der Waals surface area (Å²) >= 11 is 0. The van der Waals surface area contributed by atoms with Crippen molar-refractivity contribution in [3.05, 3.63) is 174 Å². The van der Waals surface area contributed by atoms with Gasteiger partial charge >= 0.3 is 0 Å². The van der Waals surface area contributed by atoms with Crippen molar-refractivity contribution < 1.29 is 4.42 Å². The first-order chi connectivity index (χ1) is 27.3. The molecular formula is C51H49N3O. The Balaban J connectivity index is 0.759. The van der Waals surface area contributed by atoms with E-state index < -0.39 is 0 Å². The average Bonchev–Trinajstić information content (AvgIpc) is 3.65. The van der Waals surface area contributed by atoms with Gasteiger partial charge in [0.2, 0.25) is 0 Å². The van der Waals surface area contributed by atoms with Gasteiger partial charge in [-0.15, -0.1) is 0 Å². The number of pyridine rings is 3. The van der Waals surface area contributed by atoms with Crippen LogP contribution in [0.25, 0.3) is 55.7 Å². The van der Waals surface area contributed by atoms with Gasteiger partial charge in [0.05, 0.1) is 17.1 Å². The van der Waals surface area contributed by atoms with Crippen molar-refractivity contribution in [1.82, 2.24) is 15.0 Å². The van der Waals surface area contributed by atoms with Crippen molar-refractivity contribution in [2.75, 3.05) is 0 Å². The molecule has 4 heterocycles. The number of aryl methyl sites for hydroxylation is 4. The van der Waals surface area contributed by atoms with Gasteiger partial charge in [-0.3, -0.25) is 15.0 Å². The van der Waals surface area contributed by atoms with Crippen LogP contribution in [0, 0.1) is 0 Å². The molecule has 0 atom stereocenters. The van der Waals surface area contributed by atoms with E-state index in [1.54, 1.807) is 0 Å². The van der Waals surface area contributed by atoms with Crippen LogP contribution in [0.2, 0.25) is 0 Å². The van der Waals surface area contributed by atoms with Gasteiger partial charge in [-0.05, 0) is 116 Å². The topological polar surface area (TPSA) is 51.8 Å². The molecule has 0 bridgehead atoms. The van der Waals surface area contributed by atoms with E-state index in [4.69, 9.17) is 9.40 Å². The molecule has 0 aliphatic rings. The second-order valence-electron chi connectivity index (χ2n) is 14.8. The molecule has 274 valence electrons. The van der Waals surface area contributed by atoms with Crippen LogP contribution in [0.1, 0.15) is 73.6 Å². The molecule has 0 spiro atoms. The van der Waals surface area contributed by atoms with E-state index in [1.807, 2.05) is 42.9 Å². The fourth-order valence-corrected chi connectivity index (χ4v) is 7.82. The van der Waals surface area contributed by atoms with Crippen molar-refractivity contribution in [1.29, 1.82) is 0 Å². The summed E-state index contributed by atoms with van der Waals surface area (Å²) < 4.78 is 6.42. The summed E-state index contributed by atoms with van der Waals surface area (Å²) in [5.41, 5.74) is 13.8. The molecule has 4 aromatic heterocycles. The molecule has 0 fully saturated rings. The van der Waals surface area contributed by atoms with Gasteiger partial charge in [0.1, 0.15) is 11.2 Å². The van der Waals surface area contributed by atoms with E-state index in [1.165, 1.54) is 95.5 Å². The van der Waals surface area contributed by atoms with Gasteiger partial charge in [0.25, 0.3) is 0 Å². The van der Waals surface area contributed by atoms with Crippen LogP contribution < -0.4 is 0 Å². The predicted octanol–water partition coefficient (Wildman–Crippen LogP) is 13.5. The summed E-state index contributed by atoms with van der Waals surface area (Å²) in [6.07, 6.45) is 19.9. The zero-order valence-electron chi connectivity index (χ0n) is 31.7. The number of benzene rings is 4. The molecule has 0 N–H and O–H groups in total. The number of furan rings is 1. The summed E-state index contributed by atoms with van der Waals surface area (Å²) in [7, 11) is 0. The van der Waals surface area contributed by atoms with Gasteiger partial charge in [0.15, 0.2) is 0 Å². The quantitative estimate of drug-likeness (QED) is 0.0879. The van der Waals surface area contributed by atoms with Crippen LogP contribution in [-0.4, -0.2) is 15.0 Å². The van der Waals surface area contributed by atoms with Crippen LogP contribution in [0.4, 0.5) is 0 Å². The van der Waals surface area contributed by atoms with Gasteiger partial charge < -0.3 is 4.42 Å². The molecule has 8 aromatic rings. The molecule has 0 saturated heterocycles. The summed E-state index contributed by atoms with van der Waals surface area (Å²) in [6.45, 7) is 0. The normalized spacial score (nSPS) is 11.4. The summed E-state index contributed by atoms with van der Waals surface area (Å²) in [4.78, 5) is 14.0. The highest BCUT2D eigenvalue weighted by Gasteiger charge is 2.16. The molecule has 4 heteroatoms. The number of para-hydroxylation sites is 1. The van der Waals surface area contributed by atoms with E-state index >= 15 is 0 Å². The Labute approximate surface area is 325 Å². The SMILES string of the molecule is c1ccc(-c2ccc(CCCCCCc3ccnc(-c4ccc(CCCCCCc5ccc(-c6ccccn6)c6oc7ccccc7c56)cc4)c3)cn2)cc1. The number of aromatic nitrogens is 3. The summed E-state index contributed by atoms with van der Waals surface area (Å²) in [5.74, 6) is 0. The van der Waals surface area contributed by atoms with Crippen molar-refractivity contribution in [2.24, 2.45) is 0 Å².